The fraction of sp³-hybridized carbons (Fsp3) is 0.235. The van der Waals surface area contributed by atoms with Crippen LogP contribution in [0.3, 0.4) is 0 Å². The molecule has 2 N–H and O–H groups in total. The highest BCUT2D eigenvalue weighted by molar-refractivity contribution is 9.10. The van der Waals surface area contributed by atoms with Crippen LogP contribution in [0.1, 0.15) is 41.3 Å². The zero-order chi connectivity index (χ0) is 14.5. The molecule has 0 heterocycles. The number of hydrogen-bond donors (Lipinski definition) is 1. The van der Waals surface area contributed by atoms with Gasteiger partial charge in [-0.05, 0) is 52.5 Å². The molecule has 2 nitrogen and oxygen atoms in total. The predicted molar refractivity (Wildman–Crippen MR) is 87.0 cm³/mol. The monoisotopic (exact) mass is 331 g/mol. The number of nitrogen functional groups attached to an aromatic ring is 1. The average Bonchev–Trinajstić information content (AvgIpc) is 2.48. The summed E-state index contributed by atoms with van der Waals surface area (Å²) in [5, 5.41) is 0. The van der Waals surface area contributed by atoms with E-state index in [1.54, 1.807) is 18.2 Å². The Morgan fingerprint density at radius 1 is 1.10 bits per heavy atom. The molecule has 0 amide bonds. The molecule has 2 rings (SSSR count). The third kappa shape index (κ3) is 3.48. The normalized spacial score (nSPS) is 10.5. The van der Waals surface area contributed by atoms with Crippen molar-refractivity contribution in [2.75, 3.05) is 5.73 Å². The maximum Gasteiger partial charge on any atom is 0.193 e. The highest BCUT2D eigenvalue weighted by atomic mass is 79.9. The summed E-state index contributed by atoms with van der Waals surface area (Å²) in [7, 11) is 0. The van der Waals surface area contributed by atoms with Crippen LogP contribution in [0.15, 0.2) is 46.9 Å². The predicted octanol–water partition coefficient (Wildman–Crippen LogP) is 4.60. The first-order valence-corrected chi connectivity index (χ1v) is 7.59. The summed E-state index contributed by atoms with van der Waals surface area (Å²) in [6.45, 7) is 2.18. The molecular formula is C17H18BrNO. The fourth-order valence-corrected chi connectivity index (χ4v) is 2.30. The summed E-state index contributed by atoms with van der Waals surface area (Å²) >= 11 is 3.33. The first kappa shape index (κ1) is 14.8. The lowest BCUT2D eigenvalue weighted by Crippen LogP contribution is -2.02. The molecule has 2 aromatic rings. The van der Waals surface area contributed by atoms with Gasteiger partial charge in [0.15, 0.2) is 5.78 Å². The van der Waals surface area contributed by atoms with Crippen molar-refractivity contribution in [2.45, 2.75) is 26.2 Å². The van der Waals surface area contributed by atoms with Crippen molar-refractivity contribution in [3.63, 3.8) is 0 Å². The number of aryl methyl sites for hydroxylation is 1. The minimum atomic E-state index is 0.00578. The molecule has 20 heavy (non-hydrogen) atoms. The Kier molecular flexibility index (Phi) is 4.96. The summed E-state index contributed by atoms with van der Waals surface area (Å²) in [5.41, 5.74) is 8.99. The van der Waals surface area contributed by atoms with Crippen LogP contribution in [0, 0.1) is 0 Å². The molecule has 0 unspecified atom stereocenters. The van der Waals surface area contributed by atoms with Crippen molar-refractivity contribution in [3.8, 4) is 0 Å². The van der Waals surface area contributed by atoms with E-state index in [0.717, 1.165) is 10.9 Å². The van der Waals surface area contributed by atoms with E-state index < -0.39 is 0 Å². The molecule has 0 saturated heterocycles. The standard InChI is InChI=1S/C17H18BrNO/c1-2-3-4-12-5-7-13(8-6-12)17(20)14-9-10-15(18)16(19)11-14/h5-11H,2-4,19H2,1H3. The second-order valence-electron chi connectivity index (χ2n) is 4.87. The van der Waals surface area contributed by atoms with Crippen LogP contribution in [0.4, 0.5) is 5.69 Å². The number of benzene rings is 2. The van der Waals surface area contributed by atoms with E-state index in [1.807, 2.05) is 24.3 Å². The molecule has 0 bridgehead atoms. The largest absolute Gasteiger partial charge is 0.398 e. The number of rotatable bonds is 5. The molecule has 2 aromatic carbocycles. The first-order chi connectivity index (χ1) is 9.61. The number of carbonyl (C=O) groups is 1. The van der Waals surface area contributed by atoms with Crippen LogP contribution in [0.5, 0.6) is 0 Å². The molecule has 0 saturated carbocycles. The summed E-state index contributed by atoms with van der Waals surface area (Å²) in [6.07, 6.45) is 3.42. The van der Waals surface area contributed by atoms with Crippen LogP contribution in [0.2, 0.25) is 0 Å². The molecule has 0 fully saturated rings. The van der Waals surface area contributed by atoms with Gasteiger partial charge in [0, 0.05) is 21.3 Å². The number of ketones is 1. The van der Waals surface area contributed by atoms with E-state index in [4.69, 9.17) is 5.73 Å². The van der Waals surface area contributed by atoms with Crippen molar-refractivity contribution >= 4 is 27.4 Å². The lowest BCUT2D eigenvalue weighted by molar-refractivity contribution is 0.103. The van der Waals surface area contributed by atoms with E-state index in [9.17, 15) is 4.79 Å². The van der Waals surface area contributed by atoms with Gasteiger partial charge >= 0.3 is 0 Å². The van der Waals surface area contributed by atoms with Gasteiger partial charge in [-0.25, -0.2) is 0 Å². The van der Waals surface area contributed by atoms with Gasteiger partial charge in [-0.1, -0.05) is 37.6 Å². The maximum absolute atomic E-state index is 12.4. The van der Waals surface area contributed by atoms with Gasteiger partial charge in [-0.3, -0.25) is 4.79 Å². The average molecular weight is 332 g/mol. The Labute approximate surface area is 128 Å². The van der Waals surface area contributed by atoms with E-state index in [1.165, 1.54) is 18.4 Å². The summed E-state index contributed by atoms with van der Waals surface area (Å²) in [6, 6.07) is 13.1. The second kappa shape index (κ2) is 6.71. The second-order valence-corrected chi connectivity index (χ2v) is 5.72. The molecule has 0 aromatic heterocycles. The molecule has 0 radical (unpaired) electrons. The van der Waals surface area contributed by atoms with E-state index in [-0.39, 0.29) is 5.78 Å². The number of carbonyl (C=O) groups excluding carboxylic acids is 1. The number of unbranched alkanes of at least 4 members (excludes halogenated alkanes) is 1. The lowest BCUT2D eigenvalue weighted by Gasteiger charge is -2.05. The van der Waals surface area contributed by atoms with Gasteiger partial charge < -0.3 is 5.73 Å². The Bertz CT molecular complexity index is 605. The van der Waals surface area contributed by atoms with Crippen molar-refractivity contribution in [1.29, 1.82) is 0 Å². The SMILES string of the molecule is CCCCc1ccc(C(=O)c2ccc(Br)c(N)c2)cc1. The van der Waals surface area contributed by atoms with E-state index in [2.05, 4.69) is 22.9 Å². The van der Waals surface area contributed by atoms with Crippen LogP contribution in [-0.2, 0) is 6.42 Å². The van der Waals surface area contributed by atoms with Crippen molar-refractivity contribution < 1.29 is 4.79 Å². The lowest BCUT2D eigenvalue weighted by atomic mass is 10.00. The van der Waals surface area contributed by atoms with Crippen LogP contribution < -0.4 is 5.73 Å². The highest BCUT2D eigenvalue weighted by Crippen LogP contribution is 2.22. The minimum absolute atomic E-state index is 0.00578. The zero-order valence-corrected chi connectivity index (χ0v) is 13.1. The molecule has 0 aliphatic rings. The van der Waals surface area contributed by atoms with Gasteiger partial charge in [0.2, 0.25) is 0 Å². The first-order valence-electron chi connectivity index (χ1n) is 6.80. The Balaban J connectivity index is 2.18. The highest BCUT2D eigenvalue weighted by Gasteiger charge is 2.10. The third-order valence-corrected chi connectivity index (χ3v) is 4.02. The quantitative estimate of drug-likeness (QED) is 0.642. The molecule has 3 heteroatoms. The zero-order valence-electron chi connectivity index (χ0n) is 11.5. The molecular weight excluding hydrogens is 314 g/mol. The smallest absolute Gasteiger partial charge is 0.193 e. The van der Waals surface area contributed by atoms with Crippen molar-refractivity contribution in [1.82, 2.24) is 0 Å². The van der Waals surface area contributed by atoms with Gasteiger partial charge in [-0.2, -0.15) is 0 Å². The van der Waals surface area contributed by atoms with Crippen molar-refractivity contribution in [3.05, 3.63) is 63.6 Å². The summed E-state index contributed by atoms with van der Waals surface area (Å²) in [4.78, 5) is 12.4. The topological polar surface area (TPSA) is 43.1 Å². The Hall–Kier alpha value is -1.61. The van der Waals surface area contributed by atoms with Gasteiger partial charge in [0.1, 0.15) is 0 Å². The number of hydrogen-bond acceptors (Lipinski definition) is 2. The fourth-order valence-electron chi connectivity index (χ4n) is 2.06. The van der Waals surface area contributed by atoms with Crippen LogP contribution in [-0.4, -0.2) is 5.78 Å². The molecule has 0 aliphatic carbocycles. The number of nitrogens with two attached hydrogens (primary N) is 1. The molecule has 0 atom stereocenters. The number of anilines is 1. The molecule has 0 spiro atoms. The van der Waals surface area contributed by atoms with Crippen LogP contribution in [0.25, 0.3) is 0 Å². The van der Waals surface area contributed by atoms with Gasteiger partial charge in [-0.15, -0.1) is 0 Å². The third-order valence-electron chi connectivity index (χ3n) is 3.29. The maximum atomic E-state index is 12.4. The summed E-state index contributed by atoms with van der Waals surface area (Å²) in [5.74, 6) is 0.00578. The van der Waals surface area contributed by atoms with Crippen LogP contribution >= 0.6 is 15.9 Å². The minimum Gasteiger partial charge on any atom is -0.398 e. The van der Waals surface area contributed by atoms with Gasteiger partial charge in [0.05, 0.1) is 0 Å². The summed E-state index contributed by atoms with van der Waals surface area (Å²) < 4.78 is 0.809. The van der Waals surface area contributed by atoms with Crippen molar-refractivity contribution in [2.24, 2.45) is 0 Å². The molecule has 104 valence electrons. The van der Waals surface area contributed by atoms with E-state index in [0.29, 0.717) is 16.8 Å². The Morgan fingerprint density at radius 3 is 2.35 bits per heavy atom. The molecule has 0 aliphatic heterocycles. The number of halogens is 1. The van der Waals surface area contributed by atoms with Gasteiger partial charge in [0.25, 0.3) is 0 Å². The Morgan fingerprint density at radius 2 is 1.75 bits per heavy atom. The van der Waals surface area contributed by atoms with E-state index >= 15 is 0 Å².